The first-order valence-corrected chi connectivity index (χ1v) is 31.9. The summed E-state index contributed by atoms with van der Waals surface area (Å²) in [6.45, 7) is 4.89. The van der Waals surface area contributed by atoms with E-state index in [1.165, 1.54) is 257 Å². The summed E-state index contributed by atoms with van der Waals surface area (Å²) in [5, 5.41) is 23.1. The van der Waals surface area contributed by atoms with E-state index in [4.69, 9.17) is 4.74 Å². The van der Waals surface area contributed by atoms with Gasteiger partial charge < -0.3 is 20.3 Å². The normalized spacial score (nSPS) is 12.9. The van der Waals surface area contributed by atoms with E-state index >= 15 is 0 Å². The highest BCUT2D eigenvalue weighted by molar-refractivity contribution is 5.76. The molecule has 1 amide bonds. The summed E-state index contributed by atoms with van der Waals surface area (Å²) >= 11 is 0. The molecule has 0 radical (unpaired) electrons. The fourth-order valence-electron chi connectivity index (χ4n) is 9.66. The van der Waals surface area contributed by atoms with Crippen molar-refractivity contribution in [2.75, 3.05) is 13.2 Å². The van der Waals surface area contributed by atoms with Crippen molar-refractivity contribution >= 4 is 11.9 Å². The van der Waals surface area contributed by atoms with Crippen molar-refractivity contribution in [3.8, 4) is 0 Å². The van der Waals surface area contributed by atoms with E-state index in [9.17, 15) is 19.8 Å². The number of carbonyl (C=O) groups is 2. The fraction of sp³-hybridized carbons (Fsp3) is 0.848. The van der Waals surface area contributed by atoms with Crippen LogP contribution in [-0.4, -0.2) is 47.4 Å². The van der Waals surface area contributed by atoms with Gasteiger partial charge in [-0.3, -0.25) is 9.59 Å². The second kappa shape index (κ2) is 61.4. The Balaban J connectivity index is 3.41. The summed E-state index contributed by atoms with van der Waals surface area (Å²) in [5.74, 6) is -0.0667. The maximum atomic E-state index is 12.4. The highest BCUT2D eigenvalue weighted by atomic mass is 16.5. The van der Waals surface area contributed by atoms with Gasteiger partial charge in [-0.05, 0) is 89.9 Å². The third kappa shape index (κ3) is 57.1. The number of esters is 1. The number of hydrogen-bond donors (Lipinski definition) is 3. The van der Waals surface area contributed by atoms with Gasteiger partial charge in [0, 0.05) is 12.8 Å². The van der Waals surface area contributed by atoms with Crippen LogP contribution >= 0.6 is 0 Å². The summed E-state index contributed by atoms with van der Waals surface area (Å²) < 4.78 is 5.47. The quantitative estimate of drug-likeness (QED) is 0.0320. The average Bonchev–Trinajstić information content (AvgIpc) is 3.38. The number of unbranched alkanes of at least 4 members (excludes halogenated alkanes) is 42. The SMILES string of the molecule is CCCCCCC/C=C\CCCCCCCC(=O)OCCCCCCCCCCC/C=C\C/C=C\CCCCCCCCCCCCCCCC(=O)NC(CO)C(O)/C=C/CCCCCCCCCCCC. The number of nitrogens with one attached hydrogen (secondary N) is 1. The van der Waals surface area contributed by atoms with Gasteiger partial charge in [0.2, 0.25) is 5.91 Å². The monoisotopic (exact) mass is 1010 g/mol. The van der Waals surface area contributed by atoms with Crippen LogP contribution in [0.3, 0.4) is 0 Å². The Labute approximate surface area is 448 Å². The molecular weight excluding hydrogens is 887 g/mol. The molecule has 2 unspecified atom stereocenters. The van der Waals surface area contributed by atoms with E-state index < -0.39 is 12.1 Å². The average molecular weight is 1010 g/mol. The molecule has 0 aromatic carbocycles. The van der Waals surface area contributed by atoms with Gasteiger partial charge in [-0.1, -0.05) is 281 Å². The maximum absolute atomic E-state index is 12.4. The minimum absolute atomic E-state index is 0.00279. The zero-order valence-electron chi connectivity index (χ0n) is 48.2. The molecule has 0 aromatic heterocycles. The molecule has 0 saturated heterocycles. The molecule has 0 saturated carbocycles. The van der Waals surface area contributed by atoms with Crippen molar-refractivity contribution in [1.82, 2.24) is 5.32 Å². The Kier molecular flexibility index (Phi) is 59.5. The number of amides is 1. The molecule has 0 rings (SSSR count). The molecule has 0 aliphatic rings. The molecule has 0 aliphatic heterocycles. The molecule has 3 N–H and O–H groups in total. The molecule has 6 heteroatoms. The number of aliphatic hydroxyl groups is 2. The third-order valence-corrected chi connectivity index (χ3v) is 14.6. The van der Waals surface area contributed by atoms with Gasteiger partial charge in [0.25, 0.3) is 0 Å². The van der Waals surface area contributed by atoms with Crippen LogP contribution in [0.5, 0.6) is 0 Å². The van der Waals surface area contributed by atoms with Gasteiger partial charge in [0.1, 0.15) is 0 Å². The summed E-state index contributed by atoms with van der Waals surface area (Å²) in [6.07, 6.45) is 78.8. The zero-order valence-corrected chi connectivity index (χ0v) is 48.2. The van der Waals surface area contributed by atoms with Crippen LogP contribution in [0.25, 0.3) is 0 Å². The summed E-state index contributed by atoms with van der Waals surface area (Å²) in [4.78, 5) is 24.5. The molecule has 2 atom stereocenters. The molecule has 72 heavy (non-hydrogen) atoms. The first-order chi connectivity index (χ1) is 35.5. The maximum Gasteiger partial charge on any atom is 0.305 e. The van der Waals surface area contributed by atoms with Crippen LogP contribution in [0.15, 0.2) is 48.6 Å². The standard InChI is InChI=1S/C66H123NO5/c1-3-5-7-9-11-13-15-17-36-40-44-48-52-56-60-66(71)72-61-57-53-49-45-41-37-34-32-30-28-26-24-22-20-18-19-21-23-25-27-29-31-33-35-39-43-47-51-55-59-65(70)67-63(62-68)64(69)58-54-50-46-42-38-16-14-12-10-8-6-4-2/h15,17-18,20,24,26,54,58,63-64,68-69H,3-14,16,19,21-23,25,27-53,55-57,59-62H2,1-2H3,(H,67,70)/b17-15-,20-18-,26-24-,58-54+. The largest absolute Gasteiger partial charge is 0.466 e. The molecule has 0 bridgehead atoms. The first-order valence-electron chi connectivity index (χ1n) is 31.9. The van der Waals surface area contributed by atoms with Crippen LogP contribution in [-0.2, 0) is 14.3 Å². The van der Waals surface area contributed by atoms with Gasteiger partial charge in [-0.15, -0.1) is 0 Å². The highest BCUT2D eigenvalue weighted by Gasteiger charge is 2.18. The van der Waals surface area contributed by atoms with Gasteiger partial charge in [0.15, 0.2) is 0 Å². The topological polar surface area (TPSA) is 95.9 Å². The molecule has 0 fully saturated rings. The van der Waals surface area contributed by atoms with Crippen molar-refractivity contribution < 1.29 is 24.5 Å². The zero-order chi connectivity index (χ0) is 52.2. The number of carbonyl (C=O) groups excluding carboxylic acids is 2. The fourth-order valence-corrected chi connectivity index (χ4v) is 9.66. The van der Waals surface area contributed by atoms with Gasteiger partial charge >= 0.3 is 5.97 Å². The molecule has 0 aromatic rings. The van der Waals surface area contributed by atoms with E-state index in [1.54, 1.807) is 6.08 Å². The smallest absolute Gasteiger partial charge is 0.305 e. The predicted octanol–water partition coefficient (Wildman–Crippen LogP) is 20.1. The van der Waals surface area contributed by atoms with Crippen molar-refractivity contribution in [2.45, 2.75) is 347 Å². The predicted molar refractivity (Wildman–Crippen MR) is 315 cm³/mol. The van der Waals surface area contributed by atoms with Gasteiger partial charge in [-0.25, -0.2) is 0 Å². The molecule has 0 aliphatic carbocycles. The Morgan fingerprint density at radius 3 is 1.07 bits per heavy atom. The second-order valence-corrected chi connectivity index (χ2v) is 21.7. The van der Waals surface area contributed by atoms with E-state index in [0.717, 1.165) is 51.4 Å². The Morgan fingerprint density at radius 1 is 0.389 bits per heavy atom. The molecular formula is C66H123NO5. The Morgan fingerprint density at radius 2 is 0.694 bits per heavy atom. The molecule has 0 heterocycles. The van der Waals surface area contributed by atoms with E-state index in [2.05, 4.69) is 55.6 Å². The van der Waals surface area contributed by atoms with Gasteiger partial charge in [-0.2, -0.15) is 0 Å². The third-order valence-electron chi connectivity index (χ3n) is 14.6. The molecule has 422 valence electrons. The summed E-state index contributed by atoms with van der Waals surface area (Å²) in [7, 11) is 0. The molecule has 6 nitrogen and oxygen atoms in total. The number of ether oxygens (including phenoxy) is 1. The van der Waals surface area contributed by atoms with Gasteiger partial charge in [0.05, 0.1) is 25.4 Å². The lowest BCUT2D eigenvalue weighted by molar-refractivity contribution is -0.143. The second-order valence-electron chi connectivity index (χ2n) is 21.7. The lowest BCUT2D eigenvalue weighted by Gasteiger charge is -2.20. The van der Waals surface area contributed by atoms with Crippen molar-refractivity contribution in [3.05, 3.63) is 48.6 Å². The van der Waals surface area contributed by atoms with E-state index in [1.807, 2.05) is 6.08 Å². The van der Waals surface area contributed by atoms with Crippen molar-refractivity contribution in [2.24, 2.45) is 0 Å². The highest BCUT2D eigenvalue weighted by Crippen LogP contribution is 2.17. The minimum Gasteiger partial charge on any atom is -0.466 e. The van der Waals surface area contributed by atoms with Crippen molar-refractivity contribution in [3.63, 3.8) is 0 Å². The lowest BCUT2D eigenvalue weighted by Crippen LogP contribution is -2.45. The Bertz CT molecular complexity index is 1210. The summed E-state index contributed by atoms with van der Waals surface area (Å²) in [6, 6.07) is -0.628. The van der Waals surface area contributed by atoms with Crippen LogP contribution in [0, 0.1) is 0 Å². The van der Waals surface area contributed by atoms with Crippen molar-refractivity contribution in [1.29, 1.82) is 0 Å². The number of aliphatic hydroxyl groups excluding tert-OH is 2. The van der Waals surface area contributed by atoms with E-state index in [-0.39, 0.29) is 18.5 Å². The number of hydrogen-bond acceptors (Lipinski definition) is 5. The Hall–Kier alpha value is -2.18. The number of rotatable bonds is 59. The van der Waals surface area contributed by atoms with Crippen LogP contribution in [0.2, 0.25) is 0 Å². The minimum atomic E-state index is -0.844. The van der Waals surface area contributed by atoms with Crippen LogP contribution < -0.4 is 5.32 Å². The van der Waals surface area contributed by atoms with Crippen LogP contribution in [0.4, 0.5) is 0 Å². The summed E-state index contributed by atoms with van der Waals surface area (Å²) in [5.41, 5.74) is 0. The first kappa shape index (κ1) is 69.8. The molecule has 0 spiro atoms. The van der Waals surface area contributed by atoms with E-state index in [0.29, 0.717) is 19.4 Å². The van der Waals surface area contributed by atoms with Crippen LogP contribution in [0.1, 0.15) is 335 Å². The lowest BCUT2D eigenvalue weighted by atomic mass is 10.0. The number of allylic oxidation sites excluding steroid dienone is 7.